The Morgan fingerprint density at radius 3 is 1.42 bits per heavy atom. The highest BCUT2D eigenvalue weighted by Crippen LogP contribution is 2.46. The van der Waals surface area contributed by atoms with Gasteiger partial charge in [-0.05, 0) is 122 Å². The lowest BCUT2D eigenvalue weighted by atomic mass is 9.92. The highest BCUT2D eigenvalue weighted by atomic mass is 19.4. The van der Waals surface area contributed by atoms with Crippen LogP contribution in [0.3, 0.4) is 0 Å². The van der Waals surface area contributed by atoms with E-state index in [-0.39, 0.29) is 0 Å². The first-order chi connectivity index (χ1) is 35.7. The van der Waals surface area contributed by atoms with Gasteiger partial charge in [-0.2, -0.15) is 26.3 Å². The van der Waals surface area contributed by atoms with Crippen LogP contribution in [0.5, 0.6) is 0 Å². The number of halogens is 6. The summed E-state index contributed by atoms with van der Waals surface area (Å²) in [6.45, 7) is 11.9. The Morgan fingerprint density at radius 2 is 0.878 bits per heavy atom. The van der Waals surface area contributed by atoms with Crippen molar-refractivity contribution >= 4 is 49.3 Å². The van der Waals surface area contributed by atoms with E-state index in [0.29, 0.717) is 106 Å². The maximum absolute atomic E-state index is 14.5. The third-order valence-electron chi connectivity index (χ3n) is 13.6. The lowest BCUT2D eigenvalue weighted by Gasteiger charge is -2.20. The molecule has 0 bridgehead atoms. The van der Waals surface area contributed by atoms with Gasteiger partial charge in [-0.3, -0.25) is 0 Å². The van der Waals surface area contributed by atoms with E-state index in [0.717, 1.165) is 34.4 Å². The summed E-state index contributed by atoms with van der Waals surface area (Å²) in [5.41, 5.74) is 8.65. The van der Waals surface area contributed by atoms with Crippen LogP contribution in [0.4, 0.5) is 32.0 Å². The second-order valence-corrected chi connectivity index (χ2v) is 18.3. The minimum atomic E-state index is -4.60. The summed E-state index contributed by atoms with van der Waals surface area (Å²) in [7, 11) is 0. The first-order valence-electron chi connectivity index (χ1n) is 23.6. The van der Waals surface area contributed by atoms with Crippen LogP contribution in [0.2, 0.25) is 0 Å². The van der Waals surface area contributed by atoms with Crippen molar-refractivity contribution < 1.29 is 26.3 Å². The molecule has 0 spiro atoms. The molecular weight excluding hydrogens is 943 g/mol. The zero-order chi connectivity index (χ0) is 51.0. The smallest absolute Gasteiger partial charge is 0.309 e. The molecule has 0 atom stereocenters. The number of nitrogens with zero attached hydrogens (tertiary/aromatic N) is 6. The van der Waals surface area contributed by atoms with Crippen LogP contribution in [0.15, 0.2) is 194 Å². The van der Waals surface area contributed by atoms with E-state index in [4.69, 9.17) is 21.5 Å². The molecule has 358 valence electrons. The minimum absolute atomic E-state index is 0.303. The molecule has 0 aliphatic rings. The molecule has 6 nitrogen and oxygen atoms in total. The summed E-state index contributed by atoms with van der Waals surface area (Å²) >= 11 is 0. The van der Waals surface area contributed by atoms with Gasteiger partial charge in [0.05, 0.1) is 45.5 Å². The monoisotopic (exact) mass is 980 g/mol. The summed E-state index contributed by atoms with van der Waals surface area (Å²) in [6.07, 6.45) is -9.19. The van der Waals surface area contributed by atoms with Crippen LogP contribution in [0.25, 0.3) is 116 Å². The SMILES string of the molecule is [C-]#[N+]c1ccccc1-c1ccc(-n2c3ccc(C)cc3c3cc(C(F)(F)F)ccc32)c(-c2cc(-n3c4ccc(C)cc4c4cc(C(F)(F)F)ccc43)ccc2-c2nc(-c3ccccc3)nc(-c3ccccc3)n2)c1. The molecule has 12 rings (SSSR count). The molecule has 0 aliphatic carbocycles. The molecule has 0 unspecified atom stereocenters. The number of benzene rings is 9. The van der Waals surface area contributed by atoms with Crippen molar-refractivity contribution in [2.75, 3.05) is 0 Å². The number of hydrogen-bond donors (Lipinski definition) is 0. The summed E-state index contributed by atoms with van der Waals surface area (Å²) < 4.78 is 90.6. The van der Waals surface area contributed by atoms with Gasteiger partial charge in [0, 0.05) is 49.5 Å². The van der Waals surface area contributed by atoms with E-state index in [9.17, 15) is 26.3 Å². The van der Waals surface area contributed by atoms with Gasteiger partial charge in [-0.25, -0.2) is 19.8 Å². The van der Waals surface area contributed by atoms with Crippen molar-refractivity contribution in [1.82, 2.24) is 24.1 Å². The van der Waals surface area contributed by atoms with Crippen molar-refractivity contribution in [3.63, 3.8) is 0 Å². The number of fused-ring (bicyclic) bond motifs is 6. The number of para-hydroxylation sites is 1. The molecule has 3 heterocycles. The number of aromatic nitrogens is 5. The summed E-state index contributed by atoms with van der Waals surface area (Å²) in [5.74, 6) is 1.11. The average molecular weight is 981 g/mol. The first-order valence-corrected chi connectivity index (χ1v) is 23.6. The molecule has 0 radical (unpaired) electrons. The van der Waals surface area contributed by atoms with E-state index in [1.165, 1.54) is 24.3 Å². The number of aryl methyl sites for hydroxylation is 2. The second kappa shape index (κ2) is 17.5. The van der Waals surface area contributed by atoms with Crippen molar-refractivity contribution in [1.29, 1.82) is 0 Å². The van der Waals surface area contributed by atoms with E-state index in [1.54, 1.807) is 12.1 Å². The number of rotatable bonds is 7. The molecule has 9 aromatic carbocycles. The van der Waals surface area contributed by atoms with Crippen LogP contribution in [0.1, 0.15) is 22.3 Å². The average Bonchev–Trinajstić information content (AvgIpc) is 3.92. The highest BCUT2D eigenvalue weighted by Gasteiger charge is 2.33. The van der Waals surface area contributed by atoms with Crippen LogP contribution in [-0.2, 0) is 12.4 Å². The fourth-order valence-corrected chi connectivity index (χ4v) is 10.1. The topological polar surface area (TPSA) is 52.9 Å². The van der Waals surface area contributed by atoms with Crippen molar-refractivity contribution in [2.45, 2.75) is 26.2 Å². The van der Waals surface area contributed by atoms with Crippen LogP contribution in [0, 0.1) is 20.4 Å². The molecule has 3 aromatic heterocycles. The number of hydrogen-bond acceptors (Lipinski definition) is 3. The standard InChI is InChI=1S/C62H38F6N6/c1-36-18-25-53-47(30-36)50-33-41(61(63,64)65)21-28-54(50)73(53)43-23-24-45(60-71-58(38-12-6-4-7-13-38)70-59(72-60)39-14-8-5-9-15-39)46(35-43)49-32-40(44-16-10-11-17-52(44)69-3)20-27-56(49)74-55-26-19-37(2)31-48(55)51-34-42(62(66,67)68)22-29-57(51)74/h4-35H,1-2H3. The van der Waals surface area contributed by atoms with Crippen LogP contribution >= 0.6 is 0 Å². The molecule has 0 saturated carbocycles. The Labute approximate surface area is 419 Å². The van der Waals surface area contributed by atoms with E-state index in [1.807, 2.05) is 169 Å². The van der Waals surface area contributed by atoms with E-state index < -0.39 is 23.5 Å². The zero-order valence-electron chi connectivity index (χ0n) is 39.4. The Bertz CT molecular complexity index is 4200. The van der Waals surface area contributed by atoms with Crippen molar-refractivity contribution in [2.24, 2.45) is 0 Å². The number of alkyl halides is 6. The van der Waals surface area contributed by atoms with Gasteiger partial charge in [-0.1, -0.05) is 114 Å². The van der Waals surface area contributed by atoms with Gasteiger partial charge in [0.2, 0.25) is 0 Å². The largest absolute Gasteiger partial charge is 0.416 e. The molecule has 74 heavy (non-hydrogen) atoms. The van der Waals surface area contributed by atoms with E-state index in [2.05, 4.69) is 4.85 Å². The third-order valence-corrected chi connectivity index (χ3v) is 13.6. The Morgan fingerprint density at radius 1 is 0.392 bits per heavy atom. The molecular formula is C62H38F6N6. The maximum atomic E-state index is 14.5. The van der Waals surface area contributed by atoms with Gasteiger partial charge in [0.1, 0.15) is 0 Å². The third kappa shape index (κ3) is 7.90. The van der Waals surface area contributed by atoms with Gasteiger partial charge >= 0.3 is 12.4 Å². The van der Waals surface area contributed by atoms with Crippen LogP contribution in [-0.4, -0.2) is 24.1 Å². The maximum Gasteiger partial charge on any atom is 0.416 e. The molecule has 0 fully saturated rings. The predicted molar refractivity (Wildman–Crippen MR) is 281 cm³/mol. The molecule has 0 N–H and O–H groups in total. The quantitative estimate of drug-likeness (QED) is 0.118. The van der Waals surface area contributed by atoms with E-state index >= 15 is 0 Å². The molecule has 12 aromatic rings. The fraction of sp³-hybridized carbons (Fsp3) is 0.0645. The summed E-state index contributed by atoms with van der Waals surface area (Å²) in [5, 5.41) is 2.06. The molecule has 0 saturated heterocycles. The summed E-state index contributed by atoms with van der Waals surface area (Å²) in [6, 6.07) is 56.8. The lowest BCUT2D eigenvalue weighted by molar-refractivity contribution is -0.138. The van der Waals surface area contributed by atoms with Gasteiger partial charge in [0.25, 0.3) is 0 Å². The Hall–Kier alpha value is -9.34. The van der Waals surface area contributed by atoms with Gasteiger partial charge < -0.3 is 9.13 Å². The molecule has 0 amide bonds. The lowest BCUT2D eigenvalue weighted by Crippen LogP contribution is -2.05. The first kappa shape index (κ1) is 45.8. The Kier molecular flexibility index (Phi) is 10.8. The molecule has 0 aliphatic heterocycles. The zero-order valence-corrected chi connectivity index (χ0v) is 39.4. The second-order valence-electron chi connectivity index (χ2n) is 18.3. The van der Waals surface area contributed by atoms with Crippen LogP contribution < -0.4 is 0 Å². The Balaban J connectivity index is 1.23. The predicted octanol–water partition coefficient (Wildman–Crippen LogP) is 17.6. The van der Waals surface area contributed by atoms with Crippen molar-refractivity contribution in [3.05, 3.63) is 228 Å². The normalized spacial score (nSPS) is 12.0. The summed E-state index contributed by atoms with van der Waals surface area (Å²) in [4.78, 5) is 19.2. The van der Waals surface area contributed by atoms with Gasteiger partial charge in [-0.15, -0.1) is 0 Å². The molecule has 12 heteroatoms. The fourth-order valence-electron chi connectivity index (χ4n) is 10.1. The van der Waals surface area contributed by atoms with Crippen molar-refractivity contribution in [3.8, 4) is 67.8 Å². The highest BCUT2D eigenvalue weighted by molar-refractivity contribution is 6.12. The van der Waals surface area contributed by atoms with Gasteiger partial charge in [0.15, 0.2) is 23.2 Å². The minimum Gasteiger partial charge on any atom is -0.309 e.